The third-order valence-electron chi connectivity index (χ3n) is 5.12. The molecule has 7 nitrogen and oxygen atoms in total. The minimum absolute atomic E-state index is 0.0335. The Balaban J connectivity index is 1.45. The van der Waals surface area contributed by atoms with E-state index in [2.05, 4.69) is 17.2 Å². The SMILES string of the molecule is CCCC(CNC(=O)COC(=O)Cc1csc(N2CCCC2=O)n1)c1ccc(Cl)cc1Cl. The van der Waals surface area contributed by atoms with Crippen molar-refractivity contribution in [2.45, 2.75) is 44.9 Å². The number of nitrogens with one attached hydrogen (secondary N) is 1. The first-order valence-electron chi connectivity index (χ1n) is 10.5. The van der Waals surface area contributed by atoms with Gasteiger partial charge in [-0.15, -0.1) is 11.3 Å². The van der Waals surface area contributed by atoms with Gasteiger partial charge < -0.3 is 10.1 Å². The zero-order valence-electron chi connectivity index (χ0n) is 17.7. The van der Waals surface area contributed by atoms with Crippen LogP contribution in [0.4, 0.5) is 5.13 Å². The van der Waals surface area contributed by atoms with Crippen LogP contribution in [0.25, 0.3) is 0 Å². The predicted octanol–water partition coefficient (Wildman–Crippen LogP) is 4.36. The molecule has 1 aliphatic heterocycles. The number of nitrogens with zero attached hydrogens (tertiary/aromatic N) is 2. The fourth-order valence-electron chi connectivity index (χ4n) is 3.53. The van der Waals surface area contributed by atoms with Crippen molar-refractivity contribution in [3.05, 3.63) is 44.9 Å². The third-order valence-corrected chi connectivity index (χ3v) is 6.59. The molecule has 0 bridgehead atoms. The second-order valence-electron chi connectivity index (χ2n) is 7.56. The van der Waals surface area contributed by atoms with E-state index in [9.17, 15) is 14.4 Å². The minimum atomic E-state index is -0.546. The molecule has 0 saturated carbocycles. The van der Waals surface area contributed by atoms with Crippen LogP contribution in [0, 0.1) is 0 Å². The molecule has 1 unspecified atom stereocenters. The quantitative estimate of drug-likeness (QED) is 0.492. The largest absolute Gasteiger partial charge is 0.455 e. The standard InChI is InChI=1S/C22H25Cl2N3O4S/c1-2-4-14(17-7-6-15(23)9-18(17)24)11-25-19(28)12-31-21(30)10-16-13-32-22(26-16)27-8-3-5-20(27)29/h6-7,9,13-14H,2-5,8,10-12H2,1H3,(H,25,28). The lowest BCUT2D eigenvalue weighted by atomic mass is 9.94. The Labute approximate surface area is 201 Å². The molecule has 1 aliphatic rings. The van der Waals surface area contributed by atoms with Gasteiger partial charge in [0.25, 0.3) is 5.91 Å². The van der Waals surface area contributed by atoms with Gasteiger partial charge in [-0.05, 0) is 30.5 Å². The number of hydrogen-bond donors (Lipinski definition) is 1. The number of hydrogen-bond acceptors (Lipinski definition) is 6. The summed E-state index contributed by atoms with van der Waals surface area (Å²) in [6.45, 7) is 2.72. The van der Waals surface area contributed by atoms with Crippen molar-refractivity contribution in [3.63, 3.8) is 0 Å². The highest BCUT2D eigenvalue weighted by Gasteiger charge is 2.24. The smallest absolute Gasteiger partial charge is 0.312 e. The van der Waals surface area contributed by atoms with Gasteiger partial charge >= 0.3 is 5.97 Å². The average Bonchev–Trinajstić information content (AvgIpc) is 3.38. The van der Waals surface area contributed by atoms with Gasteiger partial charge in [-0.2, -0.15) is 0 Å². The number of benzene rings is 1. The molecule has 32 heavy (non-hydrogen) atoms. The van der Waals surface area contributed by atoms with Crippen molar-refractivity contribution in [3.8, 4) is 0 Å². The Hall–Kier alpha value is -2.16. The summed E-state index contributed by atoms with van der Waals surface area (Å²) in [7, 11) is 0. The van der Waals surface area contributed by atoms with E-state index in [1.165, 1.54) is 11.3 Å². The predicted molar refractivity (Wildman–Crippen MR) is 125 cm³/mol. The van der Waals surface area contributed by atoms with E-state index in [1.54, 1.807) is 22.4 Å². The number of halogens is 2. The number of aromatic nitrogens is 1. The molecule has 1 fully saturated rings. The number of esters is 1. The maximum Gasteiger partial charge on any atom is 0.312 e. The number of anilines is 1. The Morgan fingerprint density at radius 3 is 2.84 bits per heavy atom. The molecule has 1 N–H and O–H groups in total. The average molecular weight is 498 g/mol. The molecule has 172 valence electrons. The minimum Gasteiger partial charge on any atom is -0.455 e. The first kappa shape index (κ1) is 24.5. The molecule has 2 amide bonds. The fraction of sp³-hybridized carbons (Fsp3) is 0.455. The highest BCUT2D eigenvalue weighted by Crippen LogP contribution is 2.30. The molecule has 1 saturated heterocycles. The van der Waals surface area contributed by atoms with E-state index in [0.29, 0.717) is 40.4 Å². The zero-order chi connectivity index (χ0) is 23.1. The number of carbonyl (C=O) groups excluding carboxylic acids is 3. The summed E-state index contributed by atoms with van der Waals surface area (Å²) in [5, 5.41) is 6.25. The van der Waals surface area contributed by atoms with Crippen LogP contribution in [0.3, 0.4) is 0 Å². The van der Waals surface area contributed by atoms with E-state index < -0.39 is 5.97 Å². The monoisotopic (exact) mass is 497 g/mol. The molecule has 1 aromatic heterocycles. The lowest BCUT2D eigenvalue weighted by molar-refractivity contribution is -0.147. The van der Waals surface area contributed by atoms with Gasteiger partial charge in [-0.3, -0.25) is 19.3 Å². The zero-order valence-corrected chi connectivity index (χ0v) is 20.1. The summed E-state index contributed by atoms with van der Waals surface area (Å²) in [6.07, 6.45) is 3.05. The van der Waals surface area contributed by atoms with E-state index in [4.69, 9.17) is 27.9 Å². The molecule has 2 heterocycles. The maximum atomic E-state index is 12.2. The number of ether oxygens (including phenoxy) is 1. The number of amides is 2. The molecule has 0 aliphatic carbocycles. The highest BCUT2D eigenvalue weighted by molar-refractivity contribution is 7.14. The Morgan fingerprint density at radius 2 is 2.16 bits per heavy atom. The van der Waals surface area contributed by atoms with Crippen molar-refractivity contribution in [2.24, 2.45) is 0 Å². The molecular weight excluding hydrogens is 473 g/mol. The fourth-order valence-corrected chi connectivity index (χ4v) is 4.96. The summed E-state index contributed by atoms with van der Waals surface area (Å²) < 4.78 is 5.09. The topological polar surface area (TPSA) is 88.6 Å². The van der Waals surface area contributed by atoms with E-state index >= 15 is 0 Å². The summed E-state index contributed by atoms with van der Waals surface area (Å²) in [5.74, 6) is -0.848. The normalized spacial score (nSPS) is 14.5. The molecule has 10 heteroatoms. The summed E-state index contributed by atoms with van der Waals surface area (Å²) in [6, 6.07) is 5.34. The molecule has 0 radical (unpaired) electrons. The summed E-state index contributed by atoms with van der Waals surface area (Å²) in [5.41, 5.74) is 1.45. The van der Waals surface area contributed by atoms with Crippen molar-refractivity contribution < 1.29 is 19.1 Å². The van der Waals surface area contributed by atoms with Crippen molar-refractivity contribution >= 4 is 57.5 Å². The van der Waals surface area contributed by atoms with Gasteiger partial charge in [-0.1, -0.05) is 42.6 Å². The Bertz CT molecular complexity index is 982. The first-order chi connectivity index (χ1) is 15.4. The first-order valence-corrected chi connectivity index (χ1v) is 12.1. The van der Waals surface area contributed by atoms with Gasteiger partial charge in [0.2, 0.25) is 5.91 Å². The molecule has 3 rings (SSSR count). The van der Waals surface area contributed by atoms with Crippen molar-refractivity contribution in [1.29, 1.82) is 0 Å². The number of thiazole rings is 1. The molecular formula is C22H25Cl2N3O4S. The maximum absolute atomic E-state index is 12.2. The van der Waals surface area contributed by atoms with Gasteiger partial charge in [-0.25, -0.2) is 4.98 Å². The van der Waals surface area contributed by atoms with Crippen LogP contribution in [-0.2, 0) is 25.5 Å². The molecule has 2 aromatic rings. The van der Waals surface area contributed by atoms with Crippen LogP contribution in [-0.4, -0.2) is 42.5 Å². The second kappa shape index (κ2) is 11.6. The summed E-state index contributed by atoms with van der Waals surface area (Å²) >= 11 is 13.6. The molecule has 1 atom stereocenters. The van der Waals surface area contributed by atoms with Crippen molar-refractivity contribution in [1.82, 2.24) is 10.3 Å². The third kappa shape index (κ3) is 6.67. The van der Waals surface area contributed by atoms with E-state index in [-0.39, 0.29) is 30.8 Å². The van der Waals surface area contributed by atoms with Gasteiger partial charge in [0.05, 0.1) is 12.1 Å². The van der Waals surface area contributed by atoms with E-state index in [0.717, 1.165) is 24.8 Å². The number of rotatable bonds is 10. The molecule has 1 aromatic carbocycles. The second-order valence-corrected chi connectivity index (χ2v) is 9.24. The van der Waals surface area contributed by atoms with Gasteiger partial charge in [0.15, 0.2) is 11.7 Å². The Kier molecular flexibility index (Phi) is 8.90. The highest BCUT2D eigenvalue weighted by atomic mass is 35.5. The lowest BCUT2D eigenvalue weighted by Crippen LogP contribution is -2.32. The summed E-state index contributed by atoms with van der Waals surface area (Å²) in [4.78, 5) is 42.1. The van der Waals surface area contributed by atoms with Gasteiger partial charge in [0, 0.05) is 40.9 Å². The van der Waals surface area contributed by atoms with E-state index in [1.807, 2.05) is 6.07 Å². The Morgan fingerprint density at radius 1 is 1.34 bits per heavy atom. The van der Waals surface area contributed by atoms with Crippen LogP contribution >= 0.6 is 34.5 Å². The van der Waals surface area contributed by atoms with Gasteiger partial charge in [0.1, 0.15) is 0 Å². The van der Waals surface area contributed by atoms with Crippen LogP contribution in [0.5, 0.6) is 0 Å². The lowest BCUT2D eigenvalue weighted by Gasteiger charge is -2.19. The molecule has 0 spiro atoms. The number of carbonyl (C=O) groups is 3. The van der Waals surface area contributed by atoms with Crippen LogP contribution in [0.15, 0.2) is 23.6 Å². The van der Waals surface area contributed by atoms with Crippen LogP contribution in [0.2, 0.25) is 10.0 Å². The van der Waals surface area contributed by atoms with Crippen molar-refractivity contribution in [2.75, 3.05) is 24.6 Å². The van der Waals surface area contributed by atoms with Crippen LogP contribution in [0.1, 0.15) is 49.8 Å². The van der Waals surface area contributed by atoms with Crippen LogP contribution < -0.4 is 10.2 Å².